The molecular formula is C17H25N3OS. The molecule has 1 aliphatic rings. The highest BCUT2D eigenvalue weighted by atomic mass is 32.1. The van der Waals surface area contributed by atoms with Crippen molar-refractivity contribution in [3.63, 3.8) is 0 Å². The Hall–Kier alpha value is -1.62. The van der Waals surface area contributed by atoms with Crippen LogP contribution in [0.1, 0.15) is 50.2 Å². The zero-order chi connectivity index (χ0) is 15.9. The molecule has 1 amide bonds. The van der Waals surface area contributed by atoms with Gasteiger partial charge in [-0.3, -0.25) is 15.6 Å². The van der Waals surface area contributed by atoms with Crippen molar-refractivity contribution in [3.05, 3.63) is 29.3 Å². The van der Waals surface area contributed by atoms with Crippen molar-refractivity contribution < 1.29 is 4.79 Å². The van der Waals surface area contributed by atoms with Gasteiger partial charge in [-0.15, -0.1) is 0 Å². The van der Waals surface area contributed by atoms with Gasteiger partial charge in [0.25, 0.3) is 0 Å². The number of para-hydroxylation sites is 1. The highest BCUT2D eigenvalue weighted by Gasteiger charge is 2.18. The highest BCUT2D eigenvalue weighted by molar-refractivity contribution is 7.80. The largest absolute Gasteiger partial charge is 0.331 e. The van der Waals surface area contributed by atoms with Crippen LogP contribution in [-0.2, 0) is 11.2 Å². The Morgan fingerprint density at radius 2 is 2.00 bits per heavy atom. The predicted octanol–water partition coefficient (Wildman–Crippen LogP) is 3.46. The van der Waals surface area contributed by atoms with E-state index in [4.69, 9.17) is 12.2 Å². The van der Waals surface area contributed by atoms with Gasteiger partial charge in [0.1, 0.15) is 0 Å². The maximum Gasteiger partial charge on any atom is 0.238 e. The van der Waals surface area contributed by atoms with Crippen molar-refractivity contribution in [2.24, 2.45) is 5.92 Å². The van der Waals surface area contributed by atoms with Crippen LogP contribution in [0.3, 0.4) is 0 Å². The van der Waals surface area contributed by atoms with E-state index in [2.05, 4.69) is 29.2 Å². The first-order valence-electron chi connectivity index (χ1n) is 8.04. The van der Waals surface area contributed by atoms with Crippen molar-refractivity contribution in [2.75, 3.05) is 5.32 Å². The summed E-state index contributed by atoms with van der Waals surface area (Å²) >= 11 is 5.27. The minimum Gasteiger partial charge on any atom is -0.331 e. The van der Waals surface area contributed by atoms with Crippen molar-refractivity contribution in [1.29, 1.82) is 0 Å². The number of benzene rings is 1. The molecule has 3 N–H and O–H groups in total. The van der Waals surface area contributed by atoms with Crippen LogP contribution in [0.2, 0.25) is 0 Å². The SMILES string of the molecule is CCc1cccc(C)c1NC(=S)NNC(=O)CC1CCCC1. The summed E-state index contributed by atoms with van der Waals surface area (Å²) in [6.07, 6.45) is 6.34. The third kappa shape index (κ3) is 4.70. The third-order valence-electron chi connectivity index (χ3n) is 4.24. The zero-order valence-corrected chi connectivity index (χ0v) is 14.2. The van der Waals surface area contributed by atoms with E-state index in [1.807, 2.05) is 19.1 Å². The molecule has 1 fully saturated rings. The Labute approximate surface area is 138 Å². The number of amides is 1. The van der Waals surface area contributed by atoms with Crippen LogP contribution < -0.4 is 16.2 Å². The Bertz CT molecular complexity index is 539. The molecule has 0 radical (unpaired) electrons. The summed E-state index contributed by atoms with van der Waals surface area (Å²) in [7, 11) is 0. The summed E-state index contributed by atoms with van der Waals surface area (Å²) in [5.74, 6) is 0.544. The molecule has 0 heterocycles. The number of carbonyl (C=O) groups is 1. The van der Waals surface area contributed by atoms with E-state index < -0.39 is 0 Å². The molecule has 0 saturated heterocycles. The fraction of sp³-hybridized carbons (Fsp3) is 0.529. The van der Waals surface area contributed by atoms with Crippen LogP contribution >= 0.6 is 12.2 Å². The average molecular weight is 319 g/mol. The van der Waals surface area contributed by atoms with Gasteiger partial charge in [-0.05, 0) is 55.4 Å². The lowest BCUT2D eigenvalue weighted by molar-refractivity contribution is -0.122. The Balaban J connectivity index is 1.81. The summed E-state index contributed by atoms with van der Waals surface area (Å²) in [6, 6.07) is 6.17. The van der Waals surface area contributed by atoms with E-state index in [9.17, 15) is 4.79 Å². The van der Waals surface area contributed by atoms with Crippen molar-refractivity contribution >= 4 is 28.9 Å². The quantitative estimate of drug-likeness (QED) is 0.588. The van der Waals surface area contributed by atoms with Crippen LogP contribution in [-0.4, -0.2) is 11.0 Å². The molecule has 4 nitrogen and oxygen atoms in total. The molecule has 1 saturated carbocycles. The number of nitrogens with one attached hydrogen (secondary N) is 3. The lowest BCUT2D eigenvalue weighted by atomic mass is 10.0. The molecular weight excluding hydrogens is 294 g/mol. The molecule has 1 aromatic rings. The van der Waals surface area contributed by atoms with Gasteiger partial charge in [0.2, 0.25) is 5.91 Å². The van der Waals surface area contributed by atoms with E-state index in [1.165, 1.54) is 31.2 Å². The van der Waals surface area contributed by atoms with E-state index in [1.54, 1.807) is 0 Å². The fourth-order valence-corrected chi connectivity index (χ4v) is 3.15. The Morgan fingerprint density at radius 1 is 1.27 bits per heavy atom. The number of hydrogen-bond donors (Lipinski definition) is 3. The van der Waals surface area contributed by atoms with Gasteiger partial charge in [-0.2, -0.15) is 0 Å². The smallest absolute Gasteiger partial charge is 0.238 e. The topological polar surface area (TPSA) is 53.2 Å². The standard InChI is InChI=1S/C17H25N3OS/c1-3-14-10-6-7-12(2)16(14)18-17(22)20-19-15(21)11-13-8-4-5-9-13/h6-7,10,13H,3-5,8-9,11H2,1-2H3,(H,19,21)(H2,18,20,22). The van der Waals surface area contributed by atoms with E-state index in [0.29, 0.717) is 17.5 Å². The second kappa shape index (κ2) is 8.13. The van der Waals surface area contributed by atoms with Gasteiger partial charge in [0, 0.05) is 12.1 Å². The minimum atomic E-state index is 0.0107. The molecule has 0 bridgehead atoms. The zero-order valence-electron chi connectivity index (χ0n) is 13.4. The maximum atomic E-state index is 11.9. The molecule has 0 aromatic heterocycles. The Morgan fingerprint density at radius 3 is 2.68 bits per heavy atom. The third-order valence-corrected chi connectivity index (χ3v) is 4.45. The first kappa shape index (κ1) is 16.7. The fourth-order valence-electron chi connectivity index (χ4n) is 3.00. The monoisotopic (exact) mass is 319 g/mol. The van der Waals surface area contributed by atoms with Crippen molar-refractivity contribution in [3.8, 4) is 0 Å². The number of anilines is 1. The number of aryl methyl sites for hydroxylation is 2. The molecule has 0 aliphatic heterocycles. The lowest BCUT2D eigenvalue weighted by Crippen LogP contribution is -2.44. The predicted molar refractivity (Wildman–Crippen MR) is 94.6 cm³/mol. The molecule has 120 valence electrons. The second-order valence-electron chi connectivity index (χ2n) is 5.94. The van der Waals surface area contributed by atoms with Gasteiger partial charge in [0.15, 0.2) is 5.11 Å². The van der Waals surface area contributed by atoms with Gasteiger partial charge in [-0.1, -0.05) is 38.0 Å². The van der Waals surface area contributed by atoms with Crippen LogP contribution in [0.25, 0.3) is 0 Å². The van der Waals surface area contributed by atoms with Crippen molar-refractivity contribution in [2.45, 2.75) is 52.4 Å². The first-order valence-corrected chi connectivity index (χ1v) is 8.45. The summed E-state index contributed by atoms with van der Waals surface area (Å²) in [5.41, 5.74) is 8.87. The molecule has 2 rings (SSSR count). The lowest BCUT2D eigenvalue weighted by Gasteiger charge is -2.16. The summed E-state index contributed by atoms with van der Waals surface area (Å²) < 4.78 is 0. The molecule has 5 heteroatoms. The van der Waals surface area contributed by atoms with E-state index >= 15 is 0 Å². The van der Waals surface area contributed by atoms with Gasteiger partial charge >= 0.3 is 0 Å². The number of rotatable bonds is 4. The molecule has 1 aromatic carbocycles. The summed E-state index contributed by atoms with van der Waals surface area (Å²) in [5, 5.41) is 3.60. The number of carbonyl (C=O) groups excluding carboxylic acids is 1. The number of thiocarbonyl (C=S) groups is 1. The molecule has 0 unspecified atom stereocenters. The van der Waals surface area contributed by atoms with Gasteiger partial charge < -0.3 is 5.32 Å². The van der Waals surface area contributed by atoms with Crippen LogP contribution in [0.5, 0.6) is 0 Å². The van der Waals surface area contributed by atoms with Crippen molar-refractivity contribution in [1.82, 2.24) is 10.9 Å². The highest BCUT2D eigenvalue weighted by Crippen LogP contribution is 2.27. The summed E-state index contributed by atoms with van der Waals surface area (Å²) in [6.45, 7) is 4.16. The van der Waals surface area contributed by atoms with E-state index in [-0.39, 0.29) is 5.91 Å². The summed E-state index contributed by atoms with van der Waals surface area (Å²) in [4.78, 5) is 11.9. The normalized spacial score (nSPS) is 14.6. The van der Waals surface area contributed by atoms with E-state index in [0.717, 1.165) is 17.7 Å². The van der Waals surface area contributed by atoms with Crippen LogP contribution in [0.15, 0.2) is 18.2 Å². The first-order chi connectivity index (χ1) is 10.6. The molecule has 0 spiro atoms. The Kier molecular flexibility index (Phi) is 6.19. The molecule has 0 atom stereocenters. The van der Waals surface area contributed by atoms with Crippen LogP contribution in [0.4, 0.5) is 5.69 Å². The number of hydrogen-bond acceptors (Lipinski definition) is 2. The van der Waals surface area contributed by atoms with Crippen LogP contribution in [0, 0.1) is 12.8 Å². The van der Waals surface area contributed by atoms with Gasteiger partial charge in [-0.25, -0.2) is 0 Å². The molecule has 22 heavy (non-hydrogen) atoms. The average Bonchev–Trinajstić information content (AvgIpc) is 3.00. The second-order valence-corrected chi connectivity index (χ2v) is 6.35. The van der Waals surface area contributed by atoms with Gasteiger partial charge in [0.05, 0.1) is 0 Å². The molecule has 1 aliphatic carbocycles. The maximum absolute atomic E-state index is 11.9. The minimum absolute atomic E-state index is 0.0107. The number of hydrazine groups is 1.